The van der Waals surface area contributed by atoms with E-state index in [4.69, 9.17) is 9.72 Å². The summed E-state index contributed by atoms with van der Waals surface area (Å²) in [4.78, 5) is 38.0. The molecule has 2 aliphatic rings. The summed E-state index contributed by atoms with van der Waals surface area (Å²) in [6, 6.07) is 15.6. The van der Waals surface area contributed by atoms with Gasteiger partial charge in [-0.1, -0.05) is 24.3 Å². The molecule has 10 heteroatoms. The van der Waals surface area contributed by atoms with Crippen LogP contribution in [0.2, 0.25) is 0 Å². The average Bonchev–Trinajstić information content (AvgIpc) is 3.66. The standard InChI is InChI=1S/C27H30N6O3S/c1-36-20-7-4-6-18(16-20)17-24-29-27(37-30-24)32-13-5-10-23(32)25(34)31-14-11-19(12-15-31)33-22-9-3-2-8-21(22)28-26(33)35/h2-4,6-9,16,19,23H,5,10-15,17H2,1H3,(H,28,35). The van der Waals surface area contributed by atoms with Gasteiger partial charge in [-0.25, -0.2) is 9.78 Å². The van der Waals surface area contributed by atoms with Gasteiger partial charge in [-0.3, -0.25) is 9.36 Å². The molecule has 4 heterocycles. The smallest absolute Gasteiger partial charge is 0.326 e. The zero-order chi connectivity index (χ0) is 25.4. The van der Waals surface area contributed by atoms with Gasteiger partial charge in [-0.2, -0.15) is 4.37 Å². The number of benzene rings is 2. The molecule has 0 bridgehead atoms. The minimum atomic E-state index is -0.204. The number of methoxy groups -OCH3 is 1. The summed E-state index contributed by atoms with van der Waals surface area (Å²) in [7, 11) is 1.66. The fourth-order valence-corrected chi connectivity index (χ4v) is 6.40. The SMILES string of the molecule is COc1cccc(Cc2nsc(N3CCCC3C(=O)N3CCC(n4c(=O)[nH]c5ccccc54)CC3)n2)c1. The number of rotatable bonds is 6. The molecule has 1 unspecified atom stereocenters. The van der Waals surface area contributed by atoms with Gasteiger partial charge in [0.05, 0.1) is 18.1 Å². The number of fused-ring (bicyclic) bond motifs is 1. The number of ether oxygens (including phenoxy) is 1. The number of carbonyl (C=O) groups excluding carboxylic acids is 1. The molecule has 9 nitrogen and oxygen atoms in total. The van der Waals surface area contributed by atoms with E-state index in [1.54, 1.807) is 7.11 Å². The minimum Gasteiger partial charge on any atom is -0.497 e. The molecule has 2 aliphatic heterocycles. The molecule has 6 rings (SSSR count). The highest BCUT2D eigenvalue weighted by molar-refractivity contribution is 7.09. The van der Waals surface area contributed by atoms with Gasteiger partial charge in [-0.05, 0) is 55.5 Å². The fraction of sp³-hybridized carbons (Fsp3) is 0.407. The number of piperidine rings is 1. The van der Waals surface area contributed by atoms with Gasteiger partial charge in [0.15, 0.2) is 0 Å². The van der Waals surface area contributed by atoms with Crippen LogP contribution in [0.25, 0.3) is 11.0 Å². The molecule has 2 aromatic heterocycles. The van der Waals surface area contributed by atoms with Gasteiger partial charge >= 0.3 is 5.69 Å². The van der Waals surface area contributed by atoms with Gasteiger partial charge in [-0.15, -0.1) is 0 Å². The molecule has 37 heavy (non-hydrogen) atoms. The quantitative estimate of drug-likeness (QED) is 0.419. The molecule has 0 radical (unpaired) electrons. The maximum atomic E-state index is 13.6. The molecular weight excluding hydrogens is 488 g/mol. The van der Waals surface area contributed by atoms with Crippen LogP contribution in [0.5, 0.6) is 5.75 Å². The lowest BCUT2D eigenvalue weighted by atomic mass is 10.0. The first-order valence-corrected chi connectivity index (χ1v) is 13.6. The van der Waals surface area contributed by atoms with Crippen molar-refractivity contribution in [3.05, 3.63) is 70.4 Å². The van der Waals surface area contributed by atoms with E-state index in [1.807, 2.05) is 58.0 Å². The number of hydrogen-bond donors (Lipinski definition) is 1. The number of nitrogens with zero attached hydrogens (tertiary/aromatic N) is 5. The third-order valence-electron chi connectivity index (χ3n) is 7.50. The van der Waals surface area contributed by atoms with Crippen molar-refractivity contribution in [2.75, 3.05) is 31.6 Å². The minimum absolute atomic E-state index is 0.0750. The third kappa shape index (κ3) is 4.61. The van der Waals surface area contributed by atoms with E-state index < -0.39 is 0 Å². The summed E-state index contributed by atoms with van der Waals surface area (Å²) >= 11 is 1.37. The molecule has 2 saturated heterocycles. The van der Waals surface area contributed by atoms with E-state index in [0.29, 0.717) is 19.5 Å². The Bertz CT molecular complexity index is 1470. The monoisotopic (exact) mass is 518 g/mol. The molecule has 0 aliphatic carbocycles. The van der Waals surface area contributed by atoms with Crippen LogP contribution < -0.4 is 15.3 Å². The van der Waals surface area contributed by atoms with Gasteiger partial charge in [0.1, 0.15) is 17.6 Å². The highest BCUT2D eigenvalue weighted by Gasteiger charge is 2.37. The first-order chi connectivity index (χ1) is 18.1. The summed E-state index contributed by atoms with van der Waals surface area (Å²) in [5.74, 6) is 1.74. The fourth-order valence-electron chi connectivity index (χ4n) is 5.64. The molecule has 1 N–H and O–H groups in total. The van der Waals surface area contributed by atoms with Crippen molar-refractivity contribution < 1.29 is 9.53 Å². The third-order valence-corrected chi connectivity index (χ3v) is 8.29. The van der Waals surface area contributed by atoms with Crippen LogP contribution in [0.4, 0.5) is 5.13 Å². The summed E-state index contributed by atoms with van der Waals surface area (Å²) in [5, 5.41) is 0.814. The van der Waals surface area contributed by atoms with Crippen molar-refractivity contribution in [2.24, 2.45) is 0 Å². The number of aromatic amines is 1. The van der Waals surface area contributed by atoms with Crippen LogP contribution in [-0.2, 0) is 11.2 Å². The molecule has 0 saturated carbocycles. The number of H-pyrrole nitrogens is 1. The molecule has 4 aromatic rings. The number of aromatic nitrogens is 4. The highest BCUT2D eigenvalue weighted by atomic mass is 32.1. The summed E-state index contributed by atoms with van der Waals surface area (Å²) in [5.41, 5.74) is 2.81. The number of likely N-dealkylation sites (tertiary alicyclic amines) is 1. The van der Waals surface area contributed by atoms with E-state index in [-0.39, 0.29) is 23.7 Å². The van der Waals surface area contributed by atoms with E-state index in [2.05, 4.69) is 14.3 Å². The molecule has 192 valence electrons. The van der Waals surface area contributed by atoms with E-state index in [0.717, 1.165) is 65.5 Å². The summed E-state index contributed by atoms with van der Waals surface area (Å²) in [6.45, 7) is 2.11. The van der Waals surface area contributed by atoms with Crippen LogP contribution >= 0.6 is 11.5 Å². The summed E-state index contributed by atoms with van der Waals surface area (Å²) in [6.07, 6.45) is 3.95. The Morgan fingerprint density at radius 2 is 1.95 bits per heavy atom. The Hall–Kier alpha value is -3.66. The lowest BCUT2D eigenvalue weighted by Gasteiger charge is -2.35. The normalized spacial score (nSPS) is 18.6. The number of nitrogens with one attached hydrogen (secondary N) is 1. The zero-order valence-corrected chi connectivity index (χ0v) is 21.6. The lowest BCUT2D eigenvalue weighted by Crippen LogP contribution is -2.49. The number of imidazole rings is 1. The molecule has 2 fully saturated rings. The van der Waals surface area contributed by atoms with Crippen molar-refractivity contribution in [3.63, 3.8) is 0 Å². The Morgan fingerprint density at radius 3 is 2.78 bits per heavy atom. The Balaban J connectivity index is 1.11. The van der Waals surface area contributed by atoms with Gasteiger partial charge < -0.3 is 19.5 Å². The topological polar surface area (TPSA) is 96.4 Å². The Morgan fingerprint density at radius 1 is 1.11 bits per heavy atom. The Kier molecular flexibility index (Phi) is 6.42. The maximum Gasteiger partial charge on any atom is 0.326 e. The van der Waals surface area contributed by atoms with Crippen LogP contribution in [0.1, 0.15) is 43.1 Å². The van der Waals surface area contributed by atoms with Crippen LogP contribution in [0.3, 0.4) is 0 Å². The predicted octanol–water partition coefficient (Wildman–Crippen LogP) is 3.61. The van der Waals surface area contributed by atoms with Crippen molar-refractivity contribution >= 4 is 33.6 Å². The van der Waals surface area contributed by atoms with Crippen LogP contribution in [0.15, 0.2) is 53.3 Å². The molecule has 1 amide bonds. The number of hydrogen-bond acceptors (Lipinski definition) is 7. The van der Waals surface area contributed by atoms with E-state index in [9.17, 15) is 9.59 Å². The first-order valence-electron chi connectivity index (χ1n) is 12.8. The molecule has 1 atom stereocenters. The number of anilines is 1. The summed E-state index contributed by atoms with van der Waals surface area (Å²) < 4.78 is 11.8. The largest absolute Gasteiger partial charge is 0.497 e. The maximum absolute atomic E-state index is 13.6. The lowest BCUT2D eigenvalue weighted by molar-refractivity contribution is -0.133. The van der Waals surface area contributed by atoms with E-state index >= 15 is 0 Å². The highest BCUT2D eigenvalue weighted by Crippen LogP contribution is 2.31. The molecule has 2 aromatic carbocycles. The second-order valence-corrected chi connectivity index (χ2v) is 10.5. The van der Waals surface area contributed by atoms with Crippen molar-refractivity contribution in [1.82, 2.24) is 23.8 Å². The second-order valence-electron chi connectivity index (χ2n) is 9.75. The van der Waals surface area contributed by atoms with Crippen LogP contribution in [-0.4, -0.2) is 62.5 Å². The zero-order valence-electron chi connectivity index (χ0n) is 20.8. The van der Waals surface area contributed by atoms with Gasteiger partial charge in [0.25, 0.3) is 0 Å². The molecular formula is C27H30N6O3S. The van der Waals surface area contributed by atoms with Gasteiger partial charge in [0.2, 0.25) is 11.0 Å². The molecule has 0 spiro atoms. The second kappa shape index (κ2) is 10.0. The number of amides is 1. The van der Waals surface area contributed by atoms with E-state index in [1.165, 1.54) is 11.5 Å². The van der Waals surface area contributed by atoms with Crippen molar-refractivity contribution in [3.8, 4) is 5.75 Å². The predicted molar refractivity (Wildman–Crippen MR) is 143 cm³/mol. The number of para-hydroxylation sites is 2. The Labute approximate surface area is 218 Å². The van der Waals surface area contributed by atoms with Crippen LogP contribution in [0, 0.1) is 0 Å². The first kappa shape index (κ1) is 23.7. The van der Waals surface area contributed by atoms with Crippen molar-refractivity contribution in [1.29, 1.82) is 0 Å². The number of carbonyl (C=O) groups is 1. The van der Waals surface area contributed by atoms with Gasteiger partial charge in [0, 0.05) is 43.6 Å². The van der Waals surface area contributed by atoms with Crippen molar-refractivity contribution in [2.45, 2.75) is 44.2 Å². The average molecular weight is 519 g/mol.